The molecule has 1 aliphatic heterocycles. The zero-order chi connectivity index (χ0) is 28.7. The molecule has 1 saturated heterocycles. The molecule has 1 aliphatic carbocycles. The van der Waals surface area contributed by atoms with E-state index in [0.717, 1.165) is 5.56 Å². The van der Waals surface area contributed by atoms with Crippen LogP contribution in [0.15, 0.2) is 54.9 Å². The van der Waals surface area contributed by atoms with E-state index in [4.69, 9.17) is 5.73 Å². The van der Waals surface area contributed by atoms with E-state index in [2.05, 4.69) is 25.3 Å². The molecule has 4 N–H and O–H groups in total. The number of nitrogens with zero attached hydrogens (tertiary/aromatic N) is 5. The molecule has 13 heteroatoms. The Kier molecular flexibility index (Phi) is 6.56. The van der Waals surface area contributed by atoms with Gasteiger partial charge >= 0.3 is 0 Å². The number of aromatic amines is 1. The first-order valence-electron chi connectivity index (χ1n) is 13.1. The average molecular weight is 561 g/mol. The predicted octanol–water partition coefficient (Wildman–Crippen LogP) is 2.61. The molecule has 4 aromatic rings. The van der Waals surface area contributed by atoms with Gasteiger partial charge in [0.15, 0.2) is 0 Å². The highest BCUT2D eigenvalue weighted by Crippen LogP contribution is 2.37. The quantitative estimate of drug-likeness (QED) is 0.328. The molecule has 2 aromatic carbocycles. The van der Waals surface area contributed by atoms with E-state index in [1.165, 1.54) is 12.4 Å². The normalized spacial score (nSPS) is 16.8. The standard InChI is InChI=1S/C28H26F2N8O3/c29-28(30)12-19(13-28)34-25(40)18-14-32-27(33-15-18)38-10-8-37(9-11-38)26(41)17-6-4-16(5-7-17)24-35-21-3-1-2-20(23(31)39)22(21)36-24/h1-7,14-15,19H,8-13H2,(H2,31,39)(H,34,40)(H,35,36). The highest BCUT2D eigenvalue weighted by molar-refractivity contribution is 6.04. The lowest BCUT2D eigenvalue weighted by molar-refractivity contribution is -0.0901. The number of hydrogen-bond acceptors (Lipinski definition) is 7. The van der Waals surface area contributed by atoms with E-state index in [9.17, 15) is 23.2 Å². The fraction of sp³-hybridized carbons (Fsp3) is 0.286. The summed E-state index contributed by atoms with van der Waals surface area (Å²) in [5, 5.41) is 2.57. The summed E-state index contributed by atoms with van der Waals surface area (Å²) in [6, 6.07) is 11.7. The van der Waals surface area contributed by atoms with E-state index in [1.54, 1.807) is 41.3 Å². The molecule has 11 nitrogen and oxygen atoms in total. The van der Waals surface area contributed by atoms with E-state index < -0.39 is 23.8 Å². The lowest BCUT2D eigenvalue weighted by atomic mass is 9.88. The summed E-state index contributed by atoms with van der Waals surface area (Å²) in [6.45, 7) is 1.94. The lowest BCUT2D eigenvalue weighted by Crippen LogP contribution is -2.50. The van der Waals surface area contributed by atoms with Crippen molar-refractivity contribution in [2.45, 2.75) is 24.8 Å². The van der Waals surface area contributed by atoms with Crippen LogP contribution in [0.3, 0.4) is 0 Å². The van der Waals surface area contributed by atoms with E-state index in [0.29, 0.717) is 60.1 Å². The number of imidazole rings is 1. The van der Waals surface area contributed by atoms with Crippen molar-refractivity contribution in [1.82, 2.24) is 30.2 Å². The van der Waals surface area contributed by atoms with Crippen molar-refractivity contribution in [3.05, 3.63) is 71.5 Å². The largest absolute Gasteiger partial charge is 0.366 e. The third-order valence-corrected chi connectivity index (χ3v) is 7.36. The summed E-state index contributed by atoms with van der Waals surface area (Å²) < 4.78 is 26.0. The Morgan fingerprint density at radius 2 is 1.63 bits per heavy atom. The molecule has 0 spiro atoms. The Labute approximate surface area is 232 Å². The summed E-state index contributed by atoms with van der Waals surface area (Å²) >= 11 is 0. The Hall–Kier alpha value is -4.94. The van der Waals surface area contributed by atoms with Gasteiger partial charge in [0.2, 0.25) is 5.95 Å². The van der Waals surface area contributed by atoms with Gasteiger partial charge in [-0.15, -0.1) is 0 Å². The number of fused-ring (bicyclic) bond motifs is 1. The molecule has 210 valence electrons. The third kappa shape index (κ3) is 5.30. The number of amides is 3. The number of piperazine rings is 1. The maximum Gasteiger partial charge on any atom is 0.254 e. The molecular formula is C28H26F2N8O3. The van der Waals surface area contributed by atoms with Crippen LogP contribution in [0.1, 0.15) is 43.9 Å². The number of aromatic nitrogens is 4. The number of alkyl halides is 2. The van der Waals surface area contributed by atoms with Gasteiger partial charge in [0.1, 0.15) is 11.3 Å². The number of nitrogens with one attached hydrogen (secondary N) is 2. The molecule has 41 heavy (non-hydrogen) atoms. The fourth-order valence-electron chi connectivity index (χ4n) is 5.06. The van der Waals surface area contributed by atoms with Crippen LogP contribution in [0.2, 0.25) is 0 Å². The van der Waals surface area contributed by atoms with Crippen LogP contribution in [-0.2, 0) is 0 Å². The summed E-state index contributed by atoms with van der Waals surface area (Å²) in [5.74, 6) is -2.85. The number of benzene rings is 2. The lowest BCUT2D eigenvalue weighted by Gasteiger charge is -2.35. The summed E-state index contributed by atoms with van der Waals surface area (Å²) in [7, 11) is 0. The third-order valence-electron chi connectivity index (χ3n) is 7.36. The number of anilines is 1. The number of hydrogen-bond donors (Lipinski definition) is 3. The van der Waals surface area contributed by atoms with E-state index >= 15 is 0 Å². The van der Waals surface area contributed by atoms with Crippen molar-refractivity contribution in [1.29, 1.82) is 0 Å². The number of carbonyl (C=O) groups is 3. The van der Waals surface area contributed by atoms with E-state index in [1.807, 2.05) is 11.0 Å². The topological polar surface area (TPSA) is 150 Å². The second kappa shape index (κ2) is 10.2. The maximum absolute atomic E-state index is 13.1. The summed E-state index contributed by atoms with van der Waals surface area (Å²) in [6.07, 6.45) is 2.05. The van der Waals surface area contributed by atoms with Crippen molar-refractivity contribution in [3.63, 3.8) is 0 Å². The SMILES string of the molecule is NC(=O)c1cccc2[nH]c(-c3ccc(C(=O)N4CCN(c5ncc(C(=O)NC6CC(F)(F)C6)cn5)CC4)cc3)nc12. The second-order valence-electron chi connectivity index (χ2n) is 10.2. The van der Waals surface area contributed by atoms with E-state index in [-0.39, 0.29) is 24.3 Å². The van der Waals surface area contributed by atoms with Crippen molar-refractivity contribution < 1.29 is 23.2 Å². The van der Waals surface area contributed by atoms with Crippen molar-refractivity contribution >= 4 is 34.7 Å². The molecule has 6 rings (SSSR count). The van der Waals surface area contributed by atoms with Crippen LogP contribution in [0.4, 0.5) is 14.7 Å². The number of nitrogens with two attached hydrogens (primary N) is 1. The van der Waals surface area contributed by atoms with Gasteiger partial charge < -0.3 is 25.8 Å². The molecule has 0 bridgehead atoms. The molecule has 0 unspecified atom stereocenters. The predicted molar refractivity (Wildman–Crippen MR) is 146 cm³/mol. The monoisotopic (exact) mass is 560 g/mol. The minimum atomic E-state index is -2.71. The van der Waals surface area contributed by atoms with Gasteiger partial charge in [-0.05, 0) is 24.3 Å². The molecular weight excluding hydrogens is 534 g/mol. The highest BCUT2D eigenvalue weighted by Gasteiger charge is 2.46. The van der Waals surface area contributed by atoms with Crippen LogP contribution in [-0.4, -0.2) is 80.7 Å². The van der Waals surface area contributed by atoms with Gasteiger partial charge in [0, 0.05) is 68.6 Å². The van der Waals surface area contributed by atoms with Gasteiger partial charge in [-0.1, -0.05) is 18.2 Å². The van der Waals surface area contributed by atoms with Crippen molar-refractivity contribution in [3.8, 4) is 11.4 Å². The van der Waals surface area contributed by atoms with Crippen LogP contribution in [0.5, 0.6) is 0 Å². The van der Waals surface area contributed by atoms with Gasteiger partial charge in [-0.25, -0.2) is 23.7 Å². The van der Waals surface area contributed by atoms with Crippen molar-refractivity contribution in [2.24, 2.45) is 5.73 Å². The van der Waals surface area contributed by atoms with Gasteiger partial charge in [0.05, 0.1) is 16.6 Å². The molecule has 0 radical (unpaired) electrons. The fourth-order valence-corrected chi connectivity index (χ4v) is 5.06. The number of halogens is 2. The zero-order valence-corrected chi connectivity index (χ0v) is 21.8. The molecule has 2 aliphatic rings. The maximum atomic E-state index is 13.1. The zero-order valence-electron chi connectivity index (χ0n) is 21.8. The van der Waals surface area contributed by atoms with Crippen LogP contribution in [0, 0.1) is 0 Å². The first-order valence-corrected chi connectivity index (χ1v) is 13.1. The number of H-pyrrole nitrogens is 1. The first-order chi connectivity index (χ1) is 19.7. The number of carbonyl (C=O) groups excluding carboxylic acids is 3. The molecule has 1 saturated carbocycles. The van der Waals surface area contributed by atoms with Crippen LogP contribution < -0.4 is 16.0 Å². The average Bonchev–Trinajstić information content (AvgIpc) is 3.41. The minimum absolute atomic E-state index is 0.105. The Morgan fingerprint density at radius 1 is 0.951 bits per heavy atom. The highest BCUT2D eigenvalue weighted by atomic mass is 19.3. The van der Waals surface area contributed by atoms with Gasteiger partial charge in [0.25, 0.3) is 23.6 Å². The number of primary amides is 1. The molecule has 2 fully saturated rings. The Bertz CT molecular complexity index is 1620. The summed E-state index contributed by atoms with van der Waals surface area (Å²) in [5.41, 5.74) is 8.48. The number of para-hydroxylation sites is 1. The smallest absolute Gasteiger partial charge is 0.254 e. The van der Waals surface area contributed by atoms with Crippen LogP contribution in [0.25, 0.3) is 22.4 Å². The van der Waals surface area contributed by atoms with Gasteiger partial charge in [-0.2, -0.15) is 0 Å². The van der Waals surface area contributed by atoms with Crippen molar-refractivity contribution in [2.75, 3.05) is 31.1 Å². The number of rotatable bonds is 6. The Balaban J connectivity index is 1.05. The molecule has 3 amide bonds. The minimum Gasteiger partial charge on any atom is -0.366 e. The molecule has 3 heterocycles. The molecule has 0 atom stereocenters. The summed E-state index contributed by atoms with van der Waals surface area (Å²) in [4.78, 5) is 57.0. The Morgan fingerprint density at radius 3 is 2.27 bits per heavy atom. The molecule has 2 aromatic heterocycles. The van der Waals surface area contributed by atoms with Crippen LogP contribution >= 0.6 is 0 Å². The van der Waals surface area contributed by atoms with Gasteiger partial charge in [-0.3, -0.25) is 14.4 Å². The first kappa shape index (κ1) is 26.3. The second-order valence-corrected chi connectivity index (χ2v) is 10.2.